The smallest absolute Gasteiger partial charge is 0.319 e. The fourth-order valence-electron chi connectivity index (χ4n) is 2.78. The highest BCUT2D eigenvalue weighted by atomic mass is 16.3. The van der Waals surface area contributed by atoms with E-state index in [9.17, 15) is 29.4 Å². The van der Waals surface area contributed by atoms with Gasteiger partial charge in [-0.1, -0.05) is 6.08 Å². The zero-order chi connectivity index (χ0) is 21.6. The number of aliphatic hydroxyl groups is 2. The van der Waals surface area contributed by atoms with E-state index in [0.717, 1.165) is 0 Å². The summed E-state index contributed by atoms with van der Waals surface area (Å²) in [5, 5.41) is 27.7. The number of primary amides is 1. The van der Waals surface area contributed by atoms with Gasteiger partial charge in [0.15, 0.2) is 5.78 Å². The molecule has 0 heterocycles. The van der Waals surface area contributed by atoms with E-state index in [1.165, 1.54) is 13.0 Å². The Kier molecular flexibility index (Phi) is 7.46. The van der Waals surface area contributed by atoms with E-state index < -0.39 is 36.1 Å². The van der Waals surface area contributed by atoms with Crippen LogP contribution in [-0.2, 0) is 9.59 Å². The van der Waals surface area contributed by atoms with E-state index in [2.05, 4.69) is 16.0 Å². The lowest BCUT2D eigenvalue weighted by atomic mass is 9.90. The molecule has 3 atom stereocenters. The number of ketones is 1. The zero-order valence-corrected chi connectivity index (χ0v) is 15.8. The monoisotopic (exact) mass is 404 g/mol. The molecule has 0 unspecified atom stereocenters. The number of anilines is 1. The van der Waals surface area contributed by atoms with E-state index in [-0.39, 0.29) is 30.7 Å². The molecule has 29 heavy (non-hydrogen) atoms. The Labute approximate surface area is 167 Å². The van der Waals surface area contributed by atoms with Crippen molar-refractivity contribution in [3.05, 3.63) is 41.5 Å². The third kappa shape index (κ3) is 6.40. The van der Waals surface area contributed by atoms with Gasteiger partial charge in [-0.2, -0.15) is 0 Å². The van der Waals surface area contributed by atoms with E-state index in [0.29, 0.717) is 11.3 Å². The lowest BCUT2D eigenvalue weighted by Crippen LogP contribution is -2.52. The number of rotatable bonds is 7. The van der Waals surface area contributed by atoms with Crippen LogP contribution in [0.15, 0.2) is 35.9 Å². The predicted molar refractivity (Wildman–Crippen MR) is 104 cm³/mol. The molecule has 0 saturated carbocycles. The van der Waals surface area contributed by atoms with Gasteiger partial charge in [-0.05, 0) is 31.2 Å². The summed E-state index contributed by atoms with van der Waals surface area (Å²) in [6.45, 7) is 1.47. The third-order valence-corrected chi connectivity index (χ3v) is 4.37. The van der Waals surface area contributed by atoms with Crippen molar-refractivity contribution in [1.82, 2.24) is 10.6 Å². The maximum absolute atomic E-state index is 12.2. The van der Waals surface area contributed by atoms with Gasteiger partial charge in [-0.25, -0.2) is 4.79 Å². The van der Waals surface area contributed by atoms with Gasteiger partial charge in [0.1, 0.15) is 6.10 Å². The molecule has 156 valence electrons. The second kappa shape index (κ2) is 9.80. The molecule has 0 saturated heterocycles. The largest absolute Gasteiger partial charge is 0.390 e. The summed E-state index contributed by atoms with van der Waals surface area (Å²) in [7, 11) is 0. The molecule has 0 fully saturated rings. The predicted octanol–water partition coefficient (Wildman–Crippen LogP) is -0.577. The number of nitrogens with one attached hydrogen (secondary N) is 3. The van der Waals surface area contributed by atoms with Crippen LogP contribution >= 0.6 is 0 Å². The highest BCUT2D eigenvalue weighted by Gasteiger charge is 2.33. The lowest BCUT2D eigenvalue weighted by Gasteiger charge is -2.31. The van der Waals surface area contributed by atoms with Gasteiger partial charge in [-0.15, -0.1) is 0 Å². The molecule has 1 aromatic carbocycles. The fraction of sp³-hybridized carbons (Fsp3) is 0.368. The second-order valence-electron chi connectivity index (χ2n) is 6.68. The fourth-order valence-corrected chi connectivity index (χ4v) is 2.78. The van der Waals surface area contributed by atoms with Gasteiger partial charge in [0, 0.05) is 36.2 Å². The molecule has 10 nitrogen and oxygen atoms in total. The standard InChI is InChI=1S/C19H24N4O6/c1-10(24)11-2-4-13(5-3-11)22-19(29)23-14-8-12(9-15(25)17(14)27)18(28)21-7-6-16(20)26/h2-5,8,14-15,17,25,27H,6-7,9H2,1H3,(H2,20,26)(H,21,28)(H2,22,23,29)/t14-,15+,17+/m0/s1. The van der Waals surface area contributed by atoms with Crippen LogP contribution in [-0.4, -0.2) is 58.6 Å². The number of amides is 4. The van der Waals surface area contributed by atoms with Gasteiger partial charge in [0.05, 0.1) is 12.1 Å². The van der Waals surface area contributed by atoms with Gasteiger partial charge in [-0.3, -0.25) is 14.4 Å². The van der Waals surface area contributed by atoms with Crippen LogP contribution in [0.3, 0.4) is 0 Å². The molecule has 0 spiro atoms. The number of benzene rings is 1. The molecule has 0 aromatic heterocycles. The summed E-state index contributed by atoms with van der Waals surface area (Å²) < 4.78 is 0. The van der Waals surface area contributed by atoms with Crippen LogP contribution in [0.1, 0.15) is 30.1 Å². The Balaban J connectivity index is 2.00. The van der Waals surface area contributed by atoms with Gasteiger partial charge in [0.25, 0.3) is 0 Å². The first-order valence-corrected chi connectivity index (χ1v) is 8.99. The van der Waals surface area contributed by atoms with E-state index in [4.69, 9.17) is 5.73 Å². The number of Topliss-reactive ketones (excluding diaryl/α,β-unsaturated/α-hetero) is 1. The molecule has 1 aliphatic carbocycles. The SMILES string of the molecule is CC(=O)c1ccc(NC(=O)N[C@H]2C=C(C(=O)NCCC(N)=O)C[C@@H](O)[C@@H]2O)cc1. The molecule has 10 heteroatoms. The van der Waals surface area contributed by atoms with Gasteiger partial charge in [0.2, 0.25) is 11.8 Å². The number of hydrogen-bond donors (Lipinski definition) is 6. The topological polar surface area (TPSA) is 171 Å². The van der Waals surface area contributed by atoms with Crippen LogP contribution < -0.4 is 21.7 Å². The number of carbonyl (C=O) groups is 4. The summed E-state index contributed by atoms with van der Waals surface area (Å²) >= 11 is 0. The van der Waals surface area contributed by atoms with Crippen molar-refractivity contribution in [3.63, 3.8) is 0 Å². The van der Waals surface area contributed by atoms with Crippen LogP contribution in [0, 0.1) is 0 Å². The molecule has 4 amide bonds. The first kappa shape index (κ1) is 22.1. The summed E-state index contributed by atoms with van der Waals surface area (Å²) in [6, 6.07) is 4.55. The number of urea groups is 1. The Morgan fingerprint density at radius 2 is 1.79 bits per heavy atom. The average Bonchev–Trinajstić information content (AvgIpc) is 2.65. The quantitative estimate of drug-likeness (QED) is 0.332. The normalized spacial score (nSPS) is 20.9. The highest BCUT2D eigenvalue weighted by molar-refractivity contribution is 5.96. The first-order valence-electron chi connectivity index (χ1n) is 8.99. The molecular weight excluding hydrogens is 380 g/mol. The average molecular weight is 404 g/mol. The summed E-state index contributed by atoms with van der Waals surface area (Å²) in [6.07, 6.45) is -1.33. The minimum Gasteiger partial charge on any atom is -0.390 e. The van der Waals surface area contributed by atoms with Crippen LogP contribution in [0.25, 0.3) is 0 Å². The van der Waals surface area contributed by atoms with Crippen LogP contribution in [0.2, 0.25) is 0 Å². The molecule has 0 bridgehead atoms. The van der Waals surface area contributed by atoms with Crippen molar-refractivity contribution < 1.29 is 29.4 Å². The van der Waals surface area contributed by atoms with Gasteiger partial charge < -0.3 is 31.9 Å². The maximum Gasteiger partial charge on any atom is 0.319 e. The maximum atomic E-state index is 12.2. The number of carbonyl (C=O) groups excluding carboxylic acids is 4. The lowest BCUT2D eigenvalue weighted by molar-refractivity contribution is -0.119. The molecule has 1 aliphatic rings. The van der Waals surface area contributed by atoms with E-state index in [1.54, 1.807) is 24.3 Å². The first-order chi connectivity index (χ1) is 13.7. The Morgan fingerprint density at radius 1 is 1.14 bits per heavy atom. The molecule has 1 aromatic rings. The van der Waals surface area contributed by atoms with Crippen LogP contribution in [0.4, 0.5) is 10.5 Å². The molecule has 0 radical (unpaired) electrons. The number of hydrogen-bond acceptors (Lipinski definition) is 6. The van der Waals surface area contributed by atoms with Gasteiger partial charge >= 0.3 is 6.03 Å². The highest BCUT2D eigenvalue weighted by Crippen LogP contribution is 2.20. The van der Waals surface area contributed by atoms with Crippen molar-refractivity contribution in [3.8, 4) is 0 Å². The second-order valence-corrected chi connectivity index (χ2v) is 6.68. The third-order valence-electron chi connectivity index (χ3n) is 4.37. The Morgan fingerprint density at radius 3 is 2.38 bits per heavy atom. The minimum atomic E-state index is -1.30. The minimum absolute atomic E-state index is 0.0311. The number of nitrogens with two attached hydrogens (primary N) is 1. The van der Waals surface area contributed by atoms with E-state index >= 15 is 0 Å². The molecular formula is C19H24N4O6. The van der Waals surface area contributed by atoms with Crippen molar-refractivity contribution in [2.45, 2.75) is 38.0 Å². The Hall–Kier alpha value is -3.24. The number of aliphatic hydroxyl groups excluding tert-OH is 2. The molecule has 7 N–H and O–H groups in total. The summed E-state index contributed by atoms with van der Waals surface area (Å²) in [5.41, 5.74) is 6.10. The van der Waals surface area contributed by atoms with Crippen molar-refractivity contribution >= 4 is 29.3 Å². The van der Waals surface area contributed by atoms with Crippen molar-refractivity contribution in [2.75, 3.05) is 11.9 Å². The van der Waals surface area contributed by atoms with E-state index in [1.807, 2.05) is 0 Å². The molecule has 2 rings (SSSR count). The molecule has 0 aliphatic heterocycles. The van der Waals surface area contributed by atoms with Crippen molar-refractivity contribution in [2.24, 2.45) is 5.73 Å². The Bertz CT molecular complexity index is 820. The van der Waals surface area contributed by atoms with Crippen molar-refractivity contribution in [1.29, 1.82) is 0 Å². The zero-order valence-electron chi connectivity index (χ0n) is 15.8. The summed E-state index contributed by atoms with van der Waals surface area (Å²) in [4.78, 5) is 46.4. The summed E-state index contributed by atoms with van der Waals surface area (Å²) in [5.74, 6) is -1.19. The van der Waals surface area contributed by atoms with Crippen LogP contribution in [0.5, 0.6) is 0 Å².